The van der Waals surface area contributed by atoms with Gasteiger partial charge in [0.25, 0.3) is 0 Å². The summed E-state index contributed by atoms with van der Waals surface area (Å²) in [6.07, 6.45) is 1.87. The molecule has 4 aliphatic rings. The predicted molar refractivity (Wildman–Crippen MR) is 100 cm³/mol. The van der Waals surface area contributed by atoms with Crippen molar-refractivity contribution in [3.8, 4) is 0 Å². The number of carbonyl (C=O) groups excluding carboxylic acids is 1. The Kier molecular flexibility index (Phi) is 4.52. The van der Waals surface area contributed by atoms with Gasteiger partial charge in [-0.25, -0.2) is 9.97 Å². The molecule has 1 aromatic heterocycles. The van der Waals surface area contributed by atoms with Crippen LogP contribution in [0.2, 0.25) is 0 Å². The smallest absolute Gasteiger partial charge is 0.228 e. The third kappa shape index (κ3) is 2.89. The van der Waals surface area contributed by atoms with E-state index in [2.05, 4.69) is 14.9 Å². The molecule has 5 heterocycles. The number of nitrogens with zero attached hydrogens (tertiary/aromatic N) is 4. The lowest BCUT2D eigenvalue weighted by molar-refractivity contribution is -0.146. The zero-order chi connectivity index (χ0) is 19.4. The molecule has 5 rings (SSSR count). The number of aromatic nitrogens is 2. The monoisotopic (exact) mass is 388 g/mol. The van der Waals surface area contributed by atoms with Gasteiger partial charge in [-0.05, 0) is 26.2 Å². The first kappa shape index (κ1) is 18.3. The van der Waals surface area contributed by atoms with Gasteiger partial charge in [0.1, 0.15) is 12.4 Å². The van der Waals surface area contributed by atoms with Crippen molar-refractivity contribution in [1.82, 2.24) is 14.9 Å². The maximum Gasteiger partial charge on any atom is 0.228 e. The van der Waals surface area contributed by atoms with E-state index in [0.717, 1.165) is 37.4 Å². The third-order valence-electron chi connectivity index (χ3n) is 6.96. The Balaban J connectivity index is 1.39. The molecule has 8 nitrogen and oxygen atoms in total. The number of anilines is 1. The van der Waals surface area contributed by atoms with E-state index in [1.54, 1.807) is 0 Å². The minimum absolute atomic E-state index is 0.0768. The maximum absolute atomic E-state index is 13.1. The summed E-state index contributed by atoms with van der Waals surface area (Å²) in [6.45, 7) is 4.77. The van der Waals surface area contributed by atoms with E-state index < -0.39 is 6.10 Å². The van der Waals surface area contributed by atoms with Gasteiger partial charge in [-0.15, -0.1) is 0 Å². The normalized spacial score (nSPS) is 36.8. The second-order valence-electron chi connectivity index (χ2n) is 8.68. The van der Waals surface area contributed by atoms with Crippen LogP contribution in [0.3, 0.4) is 0 Å². The van der Waals surface area contributed by atoms with Gasteiger partial charge in [-0.3, -0.25) is 4.79 Å². The molecule has 152 valence electrons. The predicted octanol–water partition coefficient (Wildman–Crippen LogP) is 0.100. The number of aliphatic hydroxyl groups is 2. The van der Waals surface area contributed by atoms with Crippen LogP contribution < -0.4 is 4.90 Å². The van der Waals surface area contributed by atoms with Gasteiger partial charge < -0.3 is 24.7 Å². The number of hydrogen-bond donors (Lipinski definition) is 2. The second-order valence-corrected chi connectivity index (χ2v) is 8.68. The highest BCUT2D eigenvalue weighted by molar-refractivity contribution is 5.80. The van der Waals surface area contributed by atoms with Gasteiger partial charge in [0, 0.05) is 49.8 Å². The third-order valence-corrected chi connectivity index (χ3v) is 6.96. The number of hydrogen-bond acceptors (Lipinski definition) is 7. The number of rotatable bonds is 3. The van der Waals surface area contributed by atoms with Gasteiger partial charge in [-0.2, -0.15) is 0 Å². The second kappa shape index (κ2) is 6.93. The van der Waals surface area contributed by atoms with Crippen molar-refractivity contribution >= 4 is 11.7 Å². The average molecular weight is 388 g/mol. The average Bonchev–Trinajstić information content (AvgIpc) is 3.44. The summed E-state index contributed by atoms with van der Waals surface area (Å²) in [4.78, 5) is 25.9. The molecule has 1 aromatic rings. The molecule has 4 aliphatic heterocycles. The van der Waals surface area contributed by atoms with Gasteiger partial charge in [0.15, 0.2) is 5.82 Å². The quantitative estimate of drug-likeness (QED) is 0.758. The van der Waals surface area contributed by atoms with Crippen molar-refractivity contribution in [2.24, 2.45) is 17.8 Å². The van der Waals surface area contributed by atoms with E-state index in [1.165, 1.54) is 0 Å². The van der Waals surface area contributed by atoms with Crippen molar-refractivity contribution in [2.75, 3.05) is 31.1 Å². The van der Waals surface area contributed by atoms with E-state index in [0.29, 0.717) is 25.3 Å². The highest BCUT2D eigenvalue weighted by atomic mass is 16.5. The van der Waals surface area contributed by atoms with Crippen LogP contribution >= 0.6 is 0 Å². The summed E-state index contributed by atoms with van der Waals surface area (Å²) in [5.74, 6) is 1.43. The van der Waals surface area contributed by atoms with Crippen LogP contribution in [0, 0.1) is 24.7 Å². The number of aliphatic hydroxyl groups excluding tert-OH is 2. The highest BCUT2D eigenvalue weighted by Gasteiger charge is 2.58. The molecule has 0 aromatic carbocycles. The van der Waals surface area contributed by atoms with Crippen LogP contribution in [0.1, 0.15) is 30.8 Å². The Hall–Kier alpha value is -1.77. The van der Waals surface area contributed by atoms with E-state index in [4.69, 9.17) is 4.74 Å². The number of carbonyl (C=O) groups is 1. The van der Waals surface area contributed by atoms with Crippen LogP contribution in [0.25, 0.3) is 0 Å². The van der Waals surface area contributed by atoms with Crippen LogP contribution in [0.4, 0.5) is 5.82 Å². The van der Waals surface area contributed by atoms with Crippen LogP contribution in [-0.2, 0) is 16.1 Å². The summed E-state index contributed by atoms with van der Waals surface area (Å²) >= 11 is 0. The fourth-order valence-electron chi connectivity index (χ4n) is 5.64. The first-order valence-corrected chi connectivity index (χ1v) is 10.4. The van der Waals surface area contributed by atoms with Crippen molar-refractivity contribution in [2.45, 2.75) is 51.1 Å². The lowest BCUT2D eigenvalue weighted by Gasteiger charge is -2.36. The number of amides is 1. The molecule has 0 radical (unpaired) electrons. The Morgan fingerprint density at radius 3 is 2.75 bits per heavy atom. The molecule has 1 unspecified atom stereocenters. The number of fused-ring (bicyclic) bond motifs is 4. The Morgan fingerprint density at radius 1 is 1.25 bits per heavy atom. The van der Waals surface area contributed by atoms with Crippen LogP contribution in [0.5, 0.6) is 0 Å². The molecule has 4 fully saturated rings. The SMILES string of the molecule is Cc1cc(N2C[C@H]3[C@H](O)[C@@H]4CC(C(=O)N5CCCC5)[C@@H](O4)[C@H]3C2)nc(CO)n1. The van der Waals surface area contributed by atoms with E-state index in [1.807, 2.05) is 17.9 Å². The molecule has 2 bridgehead atoms. The van der Waals surface area contributed by atoms with Crippen LogP contribution in [0.15, 0.2) is 6.07 Å². The van der Waals surface area contributed by atoms with Crippen molar-refractivity contribution in [3.63, 3.8) is 0 Å². The van der Waals surface area contributed by atoms with E-state index >= 15 is 0 Å². The maximum atomic E-state index is 13.1. The molecule has 2 N–H and O–H groups in total. The summed E-state index contributed by atoms with van der Waals surface area (Å²) in [6, 6.07) is 1.91. The fourth-order valence-corrected chi connectivity index (χ4v) is 5.64. The molecular formula is C20H28N4O4. The van der Waals surface area contributed by atoms with Crippen molar-refractivity contribution in [1.29, 1.82) is 0 Å². The molecular weight excluding hydrogens is 360 g/mol. The minimum Gasteiger partial charge on any atom is -0.390 e. The topological polar surface area (TPSA) is 99.0 Å². The summed E-state index contributed by atoms with van der Waals surface area (Å²) < 4.78 is 6.17. The molecule has 4 saturated heterocycles. The standard InChI is InChI=1S/C20H28N4O4/c1-11-6-17(22-16(10-25)21-11)24-8-13-14(9-24)19-12(7-15(28-19)18(13)26)20(27)23-4-2-3-5-23/h6,12-15,18-19,25-26H,2-5,7-10H2,1H3/t12?,13-,14+,15+,18+,19-/m1/s1. The molecule has 1 amide bonds. The number of likely N-dealkylation sites (tertiary alicyclic amines) is 1. The fraction of sp³-hybridized carbons (Fsp3) is 0.750. The first-order chi connectivity index (χ1) is 13.5. The minimum atomic E-state index is -0.553. The molecule has 28 heavy (non-hydrogen) atoms. The largest absolute Gasteiger partial charge is 0.390 e. The van der Waals surface area contributed by atoms with Crippen molar-refractivity contribution in [3.05, 3.63) is 17.6 Å². The van der Waals surface area contributed by atoms with E-state index in [-0.39, 0.29) is 42.5 Å². The Labute approximate surface area is 164 Å². The molecule has 0 aliphatic carbocycles. The molecule has 0 spiro atoms. The molecule has 8 heteroatoms. The number of ether oxygens (including phenoxy) is 1. The van der Waals surface area contributed by atoms with E-state index in [9.17, 15) is 15.0 Å². The molecule has 0 saturated carbocycles. The van der Waals surface area contributed by atoms with Crippen molar-refractivity contribution < 1.29 is 19.7 Å². The van der Waals surface area contributed by atoms with Gasteiger partial charge in [0.05, 0.1) is 24.2 Å². The lowest BCUT2D eigenvalue weighted by Crippen LogP contribution is -2.47. The highest BCUT2D eigenvalue weighted by Crippen LogP contribution is 2.48. The van der Waals surface area contributed by atoms with Gasteiger partial charge in [-0.1, -0.05) is 0 Å². The van der Waals surface area contributed by atoms with Crippen LogP contribution in [-0.4, -0.2) is 75.5 Å². The zero-order valence-corrected chi connectivity index (χ0v) is 16.2. The lowest BCUT2D eigenvalue weighted by atomic mass is 9.83. The summed E-state index contributed by atoms with van der Waals surface area (Å²) in [5, 5.41) is 20.3. The molecule has 6 atom stereocenters. The Morgan fingerprint density at radius 2 is 2.00 bits per heavy atom. The zero-order valence-electron chi connectivity index (χ0n) is 16.2. The number of aryl methyl sites for hydroxylation is 1. The van der Waals surface area contributed by atoms with Gasteiger partial charge >= 0.3 is 0 Å². The summed E-state index contributed by atoms with van der Waals surface area (Å²) in [7, 11) is 0. The first-order valence-electron chi connectivity index (χ1n) is 10.4. The summed E-state index contributed by atoms with van der Waals surface area (Å²) in [5.41, 5.74) is 0.810. The van der Waals surface area contributed by atoms with Gasteiger partial charge in [0.2, 0.25) is 5.91 Å². The Bertz CT molecular complexity index is 769.